The molecule has 0 heterocycles. The van der Waals surface area contributed by atoms with Crippen LogP contribution >= 0.6 is 0 Å². The highest BCUT2D eigenvalue weighted by atomic mass is 16.5. The molecular weight excluding hydrogens is 396 g/mol. The van der Waals surface area contributed by atoms with Crippen LogP contribution in [0, 0.1) is 0 Å². The van der Waals surface area contributed by atoms with E-state index in [1.165, 1.54) is 13.0 Å². The third kappa shape index (κ3) is 6.17. The van der Waals surface area contributed by atoms with E-state index in [1.807, 2.05) is 12.1 Å². The van der Waals surface area contributed by atoms with Crippen LogP contribution in [0.15, 0.2) is 72.8 Å². The standard InChI is InChI=1S/C24H22N2O5/c1-16(27)31-22-8-4-6-19(14-22)24(29)26-20-11-9-17(10-12-20)15-25-23(28)18-5-3-7-21(13-18)30-2/h3-14H,15H2,1-2H3,(H,25,28)(H,26,29). The summed E-state index contributed by atoms with van der Waals surface area (Å²) in [5.74, 6) is -0.0583. The summed E-state index contributed by atoms with van der Waals surface area (Å²) < 4.78 is 10.1. The summed E-state index contributed by atoms with van der Waals surface area (Å²) in [5, 5.41) is 5.64. The first-order chi connectivity index (χ1) is 14.9. The summed E-state index contributed by atoms with van der Waals surface area (Å²) >= 11 is 0. The van der Waals surface area contributed by atoms with Gasteiger partial charge in [-0.15, -0.1) is 0 Å². The van der Waals surface area contributed by atoms with E-state index in [1.54, 1.807) is 61.7 Å². The molecular formula is C24H22N2O5. The van der Waals surface area contributed by atoms with E-state index in [-0.39, 0.29) is 11.8 Å². The van der Waals surface area contributed by atoms with E-state index in [9.17, 15) is 14.4 Å². The zero-order valence-corrected chi connectivity index (χ0v) is 17.2. The molecule has 0 bridgehead atoms. The van der Waals surface area contributed by atoms with Crippen molar-refractivity contribution in [1.29, 1.82) is 0 Å². The lowest BCUT2D eigenvalue weighted by atomic mass is 10.1. The second-order valence-corrected chi connectivity index (χ2v) is 6.69. The van der Waals surface area contributed by atoms with Crippen molar-refractivity contribution in [2.45, 2.75) is 13.5 Å². The van der Waals surface area contributed by atoms with Crippen LogP contribution in [-0.2, 0) is 11.3 Å². The molecule has 0 radical (unpaired) electrons. The van der Waals surface area contributed by atoms with E-state index in [0.29, 0.717) is 34.9 Å². The van der Waals surface area contributed by atoms with Gasteiger partial charge in [-0.1, -0.05) is 24.3 Å². The summed E-state index contributed by atoms with van der Waals surface area (Å²) in [4.78, 5) is 35.8. The second kappa shape index (κ2) is 10.1. The van der Waals surface area contributed by atoms with Crippen molar-refractivity contribution >= 4 is 23.5 Å². The van der Waals surface area contributed by atoms with Gasteiger partial charge in [0, 0.05) is 30.3 Å². The predicted octanol–water partition coefficient (Wildman–Crippen LogP) is 3.80. The van der Waals surface area contributed by atoms with Gasteiger partial charge < -0.3 is 20.1 Å². The summed E-state index contributed by atoms with van der Waals surface area (Å²) in [7, 11) is 1.55. The van der Waals surface area contributed by atoms with Crippen LogP contribution in [0.25, 0.3) is 0 Å². The van der Waals surface area contributed by atoms with Crippen molar-refractivity contribution < 1.29 is 23.9 Å². The topological polar surface area (TPSA) is 93.7 Å². The van der Waals surface area contributed by atoms with Gasteiger partial charge in [0.1, 0.15) is 11.5 Å². The fourth-order valence-corrected chi connectivity index (χ4v) is 2.82. The Kier molecular flexibility index (Phi) is 7.01. The van der Waals surface area contributed by atoms with E-state index in [2.05, 4.69) is 10.6 Å². The number of benzene rings is 3. The molecule has 0 saturated carbocycles. The van der Waals surface area contributed by atoms with Crippen LogP contribution in [-0.4, -0.2) is 24.9 Å². The predicted molar refractivity (Wildman–Crippen MR) is 116 cm³/mol. The average Bonchev–Trinajstić information content (AvgIpc) is 2.78. The van der Waals surface area contributed by atoms with Crippen molar-refractivity contribution in [1.82, 2.24) is 5.32 Å². The Labute approximate surface area is 180 Å². The fourth-order valence-electron chi connectivity index (χ4n) is 2.82. The molecule has 158 valence electrons. The van der Waals surface area contributed by atoms with Crippen molar-refractivity contribution in [3.8, 4) is 11.5 Å². The minimum Gasteiger partial charge on any atom is -0.497 e. The molecule has 3 aromatic carbocycles. The summed E-state index contributed by atoms with van der Waals surface area (Å²) in [6, 6.07) is 20.4. The van der Waals surface area contributed by atoms with E-state index < -0.39 is 5.97 Å². The molecule has 0 aromatic heterocycles. The Bertz CT molecular complexity index is 1090. The molecule has 3 aromatic rings. The van der Waals surface area contributed by atoms with Gasteiger partial charge >= 0.3 is 5.97 Å². The molecule has 2 amide bonds. The third-order valence-electron chi connectivity index (χ3n) is 4.35. The first-order valence-corrected chi connectivity index (χ1v) is 9.55. The molecule has 2 N–H and O–H groups in total. The molecule has 0 spiro atoms. The van der Waals surface area contributed by atoms with Crippen LogP contribution in [0.4, 0.5) is 5.69 Å². The largest absolute Gasteiger partial charge is 0.497 e. The monoisotopic (exact) mass is 418 g/mol. The Morgan fingerprint density at radius 2 is 1.42 bits per heavy atom. The van der Waals surface area contributed by atoms with Gasteiger partial charge in [-0.3, -0.25) is 14.4 Å². The lowest BCUT2D eigenvalue weighted by molar-refractivity contribution is -0.131. The average molecular weight is 418 g/mol. The highest BCUT2D eigenvalue weighted by molar-refractivity contribution is 6.04. The summed E-state index contributed by atoms with van der Waals surface area (Å²) in [5.41, 5.74) is 2.37. The quantitative estimate of drug-likeness (QED) is 0.450. The van der Waals surface area contributed by atoms with E-state index in [4.69, 9.17) is 9.47 Å². The number of ether oxygens (including phenoxy) is 2. The van der Waals surface area contributed by atoms with Gasteiger partial charge in [-0.05, 0) is 54.1 Å². The Morgan fingerprint density at radius 3 is 2.06 bits per heavy atom. The highest BCUT2D eigenvalue weighted by Crippen LogP contribution is 2.17. The number of amides is 2. The van der Waals surface area contributed by atoms with Gasteiger partial charge in [-0.2, -0.15) is 0 Å². The van der Waals surface area contributed by atoms with Crippen LogP contribution in [0.1, 0.15) is 33.2 Å². The summed E-state index contributed by atoms with van der Waals surface area (Å²) in [6.45, 7) is 1.64. The molecule has 0 saturated heterocycles. The number of esters is 1. The number of hydrogen-bond acceptors (Lipinski definition) is 5. The lowest BCUT2D eigenvalue weighted by Crippen LogP contribution is -2.22. The number of rotatable bonds is 7. The fraction of sp³-hybridized carbons (Fsp3) is 0.125. The smallest absolute Gasteiger partial charge is 0.308 e. The SMILES string of the molecule is COc1cccc(C(=O)NCc2ccc(NC(=O)c3cccc(OC(C)=O)c3)cc2)c1. The van der Waals surface area contributed by atoms with Gasteiger partial charge in [0.15, 0.2) is 0 Å². The number of carbonyl (C=O) groups excluding carboxylic acids is 3. The maximum absolute atomic E-state index is 12.4. The number of methoxy groups -OCH3 is 1. The Hall–Kier alpha value is -4.13. The van der Waals surface area contributed by atoms with Crippen LogP contribution in [0.3, 0.4) is 0 Å². The minimum absolute atomic E-state index is 0.205. The number of nitrogens with one attached hydrogen (secondary N) is 2. The first-order valence-electron chi connectivity index (χ1n) is 9.55. The van der Waals surface area contributed by atoms with Crippen molar-refractivity contribution in [2.75, 3.05) is 12.4 Å². The maximum Gasteiger partial charge on any atom is 0.308 e. The molecule has 0 aliphatic carbocycles. The van der Waals surface area contributed by atoms with Crippen LogP contribution in [0.5, 0.6) is 11.5 Å². The Balaban J connectivity index is 1.57. The molecule has 7 heteroatoms. The van der Waals surface area contributed by atoms with E-state index >= 15 is 0 Å². The molecule has 7 nitrogen and oxygen atoms in total. The first kappa shape index (κ1) is 21.6. The number of hydrogen-bond donors (Lipinski definition) is 2. The van der Waals surface area contributed by atoms with Crippen molar-refractivity contribution in [3.05, 3.63) is 89.5 Å². The molecule has 3 rings (SSSR count). The zero-order valence-electron chi connectivity index (χ0n) is 17.2. The van der Waals surface area contributed by atoms with Gasteiger partial charge in [0.2, 0.25) is 0 Å². The normalized spacial score (nSPS) is 10.1. The van der Waals surface area contributed by atoms with Gasteiger partial charge in [0.05, 0.1) is 7.11 Å². The molecule has 0 aliphatic heterocycles. The highest BCUT2D eigenvalue weighted by Gasteiger charge is 2.09. The molecule has 0 atom stereocenters. The van der Waals surface area contributed by atoms with E-state index in [0.717, 1.165) is 5.56 Å². The third-order valence-corrected chi connectivity index (χ3v) is 4.35. The lowest BCUT2D eigenvalue weighted by Gasteiger charge is -2.09. The van der Waals surface area contributed by atoms with Gasteiger partial charge in [-0.25, -0.2) is 0 Å². The molecule has 0 fully saturated rings. The number of carbonyl (C=O) groups is 3. The molecule has 0 unspecified atom stereocenters. The zero-order chi connectivity index (χ0) is 22.2. The van der Waals surface area contributed by atoms with Crippen molar-refractivity contribution in [3.63, 3.8) is 0 Å². The molecule has 31 heavy (non-hydrogen) atoms. The van der Waals surface area contributed by atoms with Crippen molar-refractivity contribution in [2.24, 2.45) is 0 Å². The maximum atomic E-state index is 12.4. The second-order valence-electron chi connectivity index (χ2n) is 6.69. The summed E-state index contributed by atoms with van der Waals surface area (Å²) in [6.07, 6.45) is 0. The Morgan fingerprint density at radius 1 is 0.806 bits per heavy atom. The number of anilines is 1. The van der Waals surface area contributed by atoms with Gasteiger partial charge in [0.25, 0.3) is 11.8 Å². The van der Waals surface area contributed by atoms with Crippen LogP contribution < -0.4 is 20.1 Å². The minimum atomic E-state index is -0.452. The van der Waals surface area contributed by atoms with Crippen LogP contribution in [0.2, 0.25) is 0 Å². The molecule has 0 aliphatic rings.